The van der Waals surface area contributed by atoms with Crippen LogP contribution in [0.15, 0.2) is 18.3 Å². The molecule has 0 atom stereocenters. The van der Waals surface area contributed by atoms with Crippen LogP contribution in [0.4, 0.5) is 35.0 Å². The molecule has 1 saturated carbocycles. The Morgan fingerprint density at radius 1 is 1.28 bits per heavy atom. The molecule has 0 bridgehead atoms. The first kappa shape index (κ1) is 23.5. The molecule has 174 valence electrons. The molecule has 32 heavy (non-hydrogen) atoms. The van der Waals surface area contributed by atoms with E-state index < -0.39 is 29.1 Å². The molecule has 0 spiro atoms. The second-order valence-corrected chi connectivity index (χ2v) is 8.02. The molecule has 1 heterocycles. The van der Waals surface area contributed by atoms with Gasteiger partial charge in [0.2, 0.25) is 5.95 Å². The van der Waals surface area contributed by atoms with Crippen LogP contribution in [0.1, 0.15) is 42.6 Å². The molecule has 8 nitrogen and oxygen atoms in total. The molecular formula is C20H23F4N5O3. The van der Waals surface area contributed by atoms with Crippen molar-refractivity contribution in [3.63, 3.8) is 0 Å². The number of ether oxygens (including phenoxy) is 1. The van der Waals surface area contributed by atoms with Crippen LogP contribution in [0.3, 0.4) is 0 Å². The summed E-state index contributed by atoms with van der Waals surface area (Å²) in [5, 5.41) is 17.5. The van der Waals surface area contributed by atoms with E-state index in [4.69, 9.17) is 4.74 Å². The van der Waals surface area contributed by atoms with Crippen molar-refractivity contribution in [2.45, 2.75) is 44.5 Å². The average Bonchev–Trinajstić information content (AvgIpc) is 3.49. The third-order valence-corrected chi connectivity index (χ3v) is 4.47. The fourth-order valence-corrected chi connectivity index (χ4v) is 2.69. The van der Waals surface area contributed by atoms with Crippen molar-refractivity contribution in [2.75, 3.05) is 24.3 Å². The molecule has 1 aliphatic rings. The zero-order valence-electron chi connectivity index (χ0n) is 17.6. The number of anilines is 3. The number of methoxy groups -OCH3 is 1. The van der Waals surface area contributed by atoms with Gasteiger partial charge < -0.3 is 25.8 Å². The molecule has 1 aliphatic carbocycles. The summed E-state index contributed by atoms with van der Waals surface area (Å²) >= 11 is 0. The van der Waals surface area contributed by atoms with Gasteiger partial charge in [0.05, 0.1) is 24.0 Å². The summed E-state index contributed by atoms with van der Waals surface area (Å²) in [4.78, 5) is 19.8. The van der Waals surface area contributed by atoms with Crippen molar-refractivity contribution in [1.82, 2.24) is 15.3 Å². The van der Waals surface area contributed by atoms with Gasteiger partial charge in [0, 0.05) is 24.8 Å². The Balaban J connectivity index is 1.87. The van der Waals surface area contributed by atoms with Gasteiger partial charge in [0.25, 0.3) is 5.91 Å². The Labute approximate surface area is 181 Å². The molecular weight excluding hydrogens is 434 g/mol. The minimum atomic E-state index is -4.64. The SMILES string of the molecule is COc1cc(C(=O)NCC(C)(C)O)c(F)cc1Nc1ncc(C(F)(F)F)c(NC2CC2)n1. The molecule has 3 rings (SSSR count). The lowest BCUT2D eigenvalue weighted by Crippen LogP contribution is -2.38. The zero-order chi connectivity index (χ0) is 23.7. The van der Waals surface area contributed by atoms with Crippen LogP contribution in [0.5, 0.6) is 5.75 Å². The standard InChI is InChI=1S/C20H23F4N5O3/c1-19(2,31)9-26-17(30)11-6-15(32-3)14(7-13(11)21)28-18-25-8-12(20(22,23)24)16(29-18)27-10-4-5-10/h6-8,10,31H,4-5,9H2,1-3H3,(H,26,30)(H2,25,27,28,29). The molecule has 1 amide bonds. The lowest BCUT2D eigenvalue weighted by Gasteiger charge is -2.18. The van der Waals surface area contributed by atoms with Crippen LogP contribution in [0.25, 0.3) is 0 Å². The fourth-order valence-electron chi connectivity index (χ4n) is 2.69. The average molecular weight is 457 g/mol. The van der Waals surface area contributed by atoms with E-state index in [0.717, 1.165) is 25.0 Å². The number of aliphatic hydroxyl groups is 1. The van der Waals surface area contributed by atoms with Crippen molar-refractivity contribution >= 4 is 23.4 Å². The normalized spacial score (nSPS) is 14.1. The minimum absolute atomic E-state index is 0.0150. The molecule has 1 aromatic carbocycles. The summed E-state index contributed by atoms with van der Waals surface area (Å²) in [6.07, 6.45) is -2.53. The summed E-state index contributed by atoms with van der Waals surface area (Å²) in [5.74, 6) is -2.22. The van der Waals surface area contributed by atoms with E-state index in [1.54, 1.807) is 0 Å². The van der Waals surface area contributed by atoms with Crippen LogP contribution in [0, 0.1) is 5.82 Å². The number of rotatable bonds is 8. The van der Waals surface area contributed by atoms with Gasteiger partial charge >= 0.3 is 6.18 Å². The first-order chi connectivity index (χ1) is 14.9. The summed E-state index contributed by atoms with van der Waals surface area (Å²) < 4.78 is 59.5. The van der Waals surface area contributed by atoms with Crippen molar-refractivity contribution < 1.29 is 32.2 Å². The van der Waals surface area contributed by atoms with Crippen LogP contribution < -0.4 is 20.7 Å². The maximum atomic E-state index is 14.6. The Hall–Kier alpha value is -3.15. The molecule has 1 aromatic heterocycles. The van der Waals surface area contributed by atoms with Crippen LogP contribution >= 0.6 is 0 Å². The lowest BCUT2D eigenvalue weighted by atomic mass is 10.1. The molecule has 0 aliphatic heterocycles. The van der Waals surface area contributed by atoms with Gasteiger partial charge in [-0.15, -0.1) is 0 Å². The van der Waals surface area contributed by atoms with Crippen molar-refractivity contribution in [3.8, 4) is 5.75 Å². The van der Waals surface area contributed by atoms with Crippen LogP contribution in [-0.4, -0.2) is 46.3 Å². The number of nitrogens with one attached hydrogen (secondary N) is 3. The molecule has 1 fully saturated rings. The zero-order valence-corrected chi connectivity index (χ0v) is 17.6. The first-order valence-electron chi connectivity index (χ1n) is 9.73. The highest BCUT2D eigenvalue weighted by Gasteiger charge is 2.37. The van der Waals surface area contributed by atoms with Gasteiger partial charge in [-0.25, -0.2) is 9.37 Å². The monoisotopic (exact) mass is 457 g/mol. The highest BCUT2D eigenvalue weighted by Crippen LogP contribution is 2.37. The van der Waals surface area contributed by atoms with Gasteiger partial charge in [-0.3, -0.25) is 4.79 Å². The number of alkyl halides is 3. The highest BCUT2D eigenvalue weighted by atomic mass is 19.4. The quantitative estimate of drug-likeness (QED) is 0.450. The van der Waals surface area contributed by atoms with E-state index in [0.29, 0.717) is 6.20 Å². The summed E-state index contributed by atoms with van der Waals surface area (Å²) in [5.41, 5.74) is -2.52. The van der Waals surface area contributed by atoms with Crippen LogP contribution in [0.2, 0.25) is 0 Å². The van der Waals surface area contributed by atoms with E-state index in [2.05, 4.69) is 25.9 Å². The fraction of sp³-hybridized carbons (Fsp3) is 0.450. The van der Waals surface area contributed by atoms with Crippen molar-refractivity contribution in [1.29, 1.82) is 0 Å². The molecule has 2 aromatic rings. The highest BCUT2D eigenvalue weighted by molar-refractivity contribution is 5.95. The number of hydrogen-bond donors (Lipinski definition) is 4. The molecule has 4 N–H and O–H groups in total. The van der Waals surface area contributed by atoms with E-state index in [1.165, 1.54) is 21.0 Å². The van der Waals surface area contributed by atoms with E-state index in [9.17, 15) is 27.5 Å². The van der Waals surface area contributed by atoms with Gasteiger partial charge in [-0.2, -0.15) is 18.2 Å². The Kier molecular flexibility index (Phi) is 6.44. The minimum Gasteiger partial charge on any atom is -0.495 e. The third-order valence-electron chi connectivity index (χ3n) is 4.47. The number of amides is 1. The Bertz CT molecular complexity index is 1000. The van der Waals surface area contributed by atoms with Crippen molar-refractivity contribution in [3.05, 3.63) is 35.3 Å². The maximum Gasteiger partial charge on any atom is 0.421 e. The number of carbonyl (C=O) groups excluding carboxylic acids is 1. The Morgan fingerprint density at radius 2 is 1.97 bits per heavy atom. The van der Waals surface area contributed by atoms with E-state index >= 15 is 0 Å². The second kappa shape index (κ2) is 8.77. The molecule has 0 unspecified atom stereocenters. The molecule has 0 saturated heterocycles. The predicted molar refractivity (Wildman–Crippen MR) is 109 cm³/mol. The van der Waals surface area contributed by atoms with Crippen LogP contribution in [-0.2, 0) is 6.18 Å². The van der Waals surface area contributed by atoms with E-state index in [-0.39, 0.29) is 41.4 Å². The second-order valence-electron chi connectivity index (χ2n) is 8.02. The largest absolute Gasteiger partial charge is 0.495 e. The Morgan fingerprint density at radius 3 is 2.53 bits per heavy atom. The maximum absolute atomic E-state index is 14.6. The van der Waals surface area contributed by atoms with Gasteiger partial charge in [-0.1, -0.05) is 0 Å². The summed E-state index contributed by atoms with van der Waals surface area (Å²) in [7, 11) is 1.28. The number of benzene rings is 1. The number of aromatic nitrogens is 2. The molecule has 0 radical (unpaired) electrons. The summed E-state index contributed by atoms with van der Waals surface area (Å²) in [6.45, 7) is 2.85. The predicted octanol–water partition coefficient (Wildman–Crippen LogP) is 3.46. The van der Waals surface area contributed by atoms with E-state index in [1.807, 2.05) is 0 Å². The number of carbonyl (C=O) groups is 1. The first-order valence-corrected chi connectivity index (χ1v) is 9.73. The third kappa shape index (κ3) is 5.96. The smallest absolute Gasteiger partial charge is 0.421 e. The van der Waals surface area contributed by atoms with Gasteiger partial charge in [0.1, 0.15) is 22.9 Å². The number of hydrogen-bond acceptors (Lipinski definition) is 7. The van der Waals surface area contributed by atoms with Crippen molar-refractivity contribution in [2.24, 2.45) is 0 Å². The topological polar surface area (TPSA) is 108 Å². The molecule has 12 heteroatoms. The number of nitrogens with zero attached hydrogens (tertiary/aromatic N) is 2. The van der Waals surface area contributed by atoms with Gasteiger partial charge in [0.15, 0.2) is 0 Å². The summed E-state index contributed by atoms with van der Waals surface area (Å²) in [6, 6.07) is 1.99. The lowest BCUT2D eigenvalue weighted by molar-refractivity contribution is -0.137. The van der Waals surface area contributed by atoms with Gasteiger partial charge in [-0.05, 0) is 32.8 Å². The number of halogens is 4.